The Morgan fingerprint density at radius 2 is 2.25 bits per heavy atom. The average Bonchev–Trinajstić information content (AvgIpc) is 2.68. The van der Waals surface area contributed by atoms with Crippen molar-refractivity contribution in [2.45, 2.75) is 31.9 Å². The van der Waals surface area contributed by atoms with Gasteiger partial charge in [0.2, 0.25) is 0 Å². The van der Waals surface area contributed by atoms with Crippen LogP contribution in [0.5, 0.6) is 0 Å². The number of nitrogens with one attached hydrogen (secondary N) is 1. The van der Waals surface area contributed by atoms with Gasteiger partial charge in [0.25, 0.3) is 0 Å². The van der Waals surface area contributed by atoms with Crippen molar-refractivity contribution < 1.29 is 9.13 Å². The van der Waals surface area contributed by atoms with E-state index in [2.05, 4.69) is 12.2 Å². The standard InChI is InChI=1S/C13H18FNO/c1-13(7-4-8-16-13)10-15-9-11-5-2-3-6-12(11)14/h2-3,5-6,15H,4,7-10H2,1H3. The highest BCUT2D eigenvalue weighted by Gasteiger charge is 2.28. The summed E-state index contributed by atoms with van der Waals surface area (Å²) in [6.07, 6.45) is 2.20. The van der Waals surface area contributed by atoms with Crippen molar-refractivity contribution in [3.8, 4) is 0 Å². The second kappa shape index (κ2) is 4.93. The molecule has 16 heavy (non-hydrogen) atoms. The van der Waals surface area contributed by atoms with Crippen LogP contribution in [0.15, 0.2) is 24.3 Å². The molecule has 2 rings (SSSR count). The van der Waals surface area contributed by atoms with Crippen LogP contribution in [0.25, 0.3) is 0 Å². The van der Waals surface area contributed by atoms with Gasteiger partial charge in [0.1, 0.15) is 5.82 Å². The monoisotopic (exact) mass is 223 g/mol. The molecule has 0 saturated carbocycles. The van der Waals surface area contributed by atoms with E-state index in [1.807, 2.05) is 6.07 Å². The van der Waals surface area contributed by atoms with Crippen molar-refractivity contribution in [1.29, 1.82) is 0 Å². The molecule has 1 atom stereocenters. The van der Waals surface area contributed by atoms with Gasteiger partial charge in [-0.2, -0.15) is 0 Å². The fourth-order valence-electron chi connectivity index (χ4n) is 2.08. The quantitative estimate of drug-likeness (QED) is 0.846. The largest absolute Gasteiger partial charge is 0.374 e. The zero-order valence-corrected chi connectivity index (χ0v) is 9.63. The van der Waals surface area contributed by atoms with Gasteiger partial charge >= 0.3 is 0 Å². The first-order valence-corrected chi connectivity index (χ1v) is 5.78. The Bertz CT molecular complexity index is 348. The van der Waals surface area contributed by atoms with Crippen LogP contribution in [0.4, 0.5) is 4.39 Å². The number of hydrogen-bond acceptors (Lipinski definition) is 2. The van der Waals surface area contributed by atoms with Gasteiger partial charge in [-0.1, -0.05) is 18.2 Å². The predicted octanol–water partition coefficient (Wildman–Crippen LogP) is 2.48. The average molecular weight is 223 g/mol. The second-order valence-corrected chi connectivity index (χ2v) is 4.60. The normalized spacial score (nSPS) is 24.9. The first-order chi connectivity index (χ1) is 7.70. The summed E-state index contributed by atoms with van der Waals surface area (Å²) in [4.78, 5) is 0. The van der Waals surface area contributed by atoms with Gasteiger partial charge in [0.05, 0.1) is 5.60 Å². The molecular formula is C13H18FNO. The first-order valence-electron chi connectivity index (χ1n) is 5.78. The molecule has 0 bridgehead atoms. The maximum Gasteiger partial charge on any atom is 0.127 e. The van der Waals surface area contributed by atoms with Crippen LogP contribution in [0.2, 0.25) is 0 Å². The van der Waals surface area contributed by atoms with E-state index in [-0.39, 0.29) is 11.4 Å². The molecule has 1 unspecified atom stereocenters. The molecule has 0 spiro atoms. The molecule has 1 aliphatic heterocycles. The Balaban J connectivity index is 1.82. The molecule has 1 aliphatic rings. The molecule has 1 heterocycles. The van der Waals surface area contributed by atoms with Crippen molar-refractivity contribution >= 4 is 0 Å². The van der Waals surface area contributed by atoms with Crippen molar-refractivity contribution in [2.75, 3.05) is 13.2 Å². The Kier molecular flexibility index (Phi) is 3.56. The molecular weight excluding hydrogens is 205 g/mol. The molecule has 0 aliphatic carbocycles. The summed E-state index contributed by atoms with van der Waals surface area (Å²) in [6.45, 7) is 4.29. The molecule has 0 radical (unpaired) electrons. The Labute approximate surface area is 95.8 Å². The molecule has 1 aromatic carbocycles. The predicted molar refractivity (Wildman–Crippen MR) is 61.7 cm³/mol. The van der Waals surface area contributed by atoms with Gasteiger partial charge in [-0.25, -0.2) is 4.39 Å². The summed E-state index contributed by atoms with van der Waals surface area (Å²) in [7, 11) is 0. The number of benzene rings is 1. The lowest BCUT2D eigenvalue weighted by Gasteiger charge is -2.23. The van der Waals surface area contributed by atoms with Crippen LogP contribution >= 0.6 is 0 Å². The fraction of sp³-hybridized carbons (Fsp3) is 0.538. The minimum Gasteiger partial charge on any atom is -0.374 e. The zero-order chi connectivity index (χ0) is 11.4. The Hall–Kier alpha value is -0.930. The molecule has 1 saturated heterocycles. The van der Waals surface area contributed by atoms with E-state index in [9.17, 15) is 4.39 Å². The number of ether oxygens (including phenoxy) is 1. The third-order valence-electron chi connectivity index (χ3n) is 3.07. The summed E-state index contributed by atoms with van der Waals surface area (Å²) in [6, 6.07) is 6.86. The van der Waals surface area contributed by atoms with Crippen molar-refractivity contribution in [3.63, 3.8) is 0 Å². The summed E-state index contributed by atoms with van der Waals surface area (Å²) < 4.78 is 19.0. The molecule has 1 fully saturated rings. The minimum absolute atomic E-state index is 0.0642. The lowest BCUT2D eigenvalue weighted by atomic mass is 10.0. The van der Waals surface area contributed by atoms with E-state index in [4.69, 9.17) is 4.74 Å². The molecule has 1 aromatic rings. The molecule has 2 nitrogen and oxygen atoms in total. The van der Waals surface area contributed by atoms with Crippen LogP contribution in [-0.2, 0) is 11.3 Å². The van der Waals surface area contributed by atoms with Gasteiger partial charge in [0, 0.05) is 25.3 Å². The van der Waals surface area contributed by atoms with Crippen molar-refractivity contribution in [1.82, 2.24) is 5.32 Å². The van der Waals surface area contributed by atoms with E-state index in [0.29, 0.717) is 12.1 Å². The van der Waals surface area contributed by atoms with E-state index in [1.54, 1.807) is 12.1 Å². The number of hydrogen-bond donors (Lipinski definition) is 1. The Morgan fingerprint density at radius 1 is 1.44 bits per heavy atom. The first kappa shape index (κ1) is 11.6. The lowest BCUT2D eigenvalue weighted by Crippen LogP contribution is -2.36. The van der Waals surface area contributed by atoms with E-state index in [0.717, 1.165) is 26.0 Å². The van der Waals surface area contributed by atoms with Gasteiger partial charge in [-0.05, 0) is 25.8 Å². The summed E-state index contributed by atoms with van der Waals surface area (Å²) in [5, 5.41) is 3.26. The smallest absolute Gasteiger partial charge is 0.127 e. The lowest BCUT2D eigenvalue weighted by molar-refractivity contribution is 0.0206. The SMILES string of the molecule is CC1(CNCc2ccccc2F)CCCO1. The highest BCUT2D eigenvalue weighted by molar-refractivity contribution is 5.16. The molecule has 1 N–H and O–H groups in total. The van der Waals surface area contributed by atoms with Crippen LogP contribution < -0.4 is 5.32 Å². The van der Waals surface area contributed by atoms with Crippen LogP contribution in [0, 0.1) is 5.82 Å². The minimum atomic E-state index is -0.146. The Morgan fingerprint density at radius 3 is 2.94 bits per heavy atom. The highest BCUT2D eigenvalue weighted by Crippen LogP contribution is 2.24. The summed E-state index contributed by atoms with van der Waals surface area (Å²) in [5.74, 6) is -0.146. The molecule has 0 amide bonds. The van der Waals surface area contributed by atoms with Crippen molar-refractivity contribution in [3.05, 3.63) is 35.6 Å². The third kappa shape index (κ3) is 2.80. The number of rotatable bonds is 4. The van der Waals surface area contributed by atoms with Gasteiger partial charge in [-0.3, -0.25) is 0 Å². The van der Waals surface area contributed by atoms with Crippen molar-refractivity contribution in [2.24, 2.45) is 0 Å². The van der Waals surface area contributed by atoms with Crippen LogP contribution in [0.1, 0.15) is 25.3 Å². The van der Waals surface area contributed by atoms with E-state index < -0.39 is 0 Å². The second-order valence-electron chi connectivity index (χ2n) is 4.60. The highest BCUT2D eigenvalue weighted by atomic mass is 19.1. The van der Waals surface area contributed by atoms with Gasteiger partial charge in [0.15, 0.2) is 0 Å². The zero-order valence-electron chi connectivity index (χ0n) is 9.63. The van der Waals surface area contributed by atoms with E-state index >= 15 is 0 Å². The fourth-order valence-corrected chi connectivity index (χ4v) is 2.08. The summed E-state index contributed by atoms with van der Waals surface area (Å²) >= 11 is 0. The van der Waals surface area contributed by atoms with Gasteiger partial charge < -0.3 is 10.1 Å². The maximum absolute atomic E-state index is 13.3. The van der Waals surface area contributed by atoms with Gasteiger partial charge in [-0.15, -0.1) is 0 Å². The van der Waals surface area contributed by atoms with Crippen LogP contribution in [-0.4, -0.2) is 18.8 Å². The van der Waals surface area contributed by atoms with Crippen LogP contribution in [0.3, 0.4) is 0 Å². The topological polar surface area (TPSA) is 21.3 Å². The summed E-state index contributed by atoms with van der Waals surface area (Å²) in [5.41, 5.74) is 0.648. The third-order valence-corrected chi connectivity index (χ3v) is 3.07. The number of halogens is 1. The molecule has 88 valence electrons. The van der Waals surface area contributed by atoms with E-state index in [1.165, 1.54) is 6.07 Å². The molecule has 0 aromatic heterocycles. The molecule has 3 heteroatoms. The maximum atomic E-state index is 13.3.